The standard InChI is InChI=1S/C19H22O2/c1-19(2,3)17-11-9-16(10-12-17)18(20)14-21-13-15-7-5-4-6-8-15/h4-12H,13-14H2,1-3H3. The van der Waals surface area contributed by atoms with Crippen molar-refractivity contribution in [2.45, 2.75) is 32.8 Å². The maximum absolute atomic E-state index is 12.1. The van der Waals surface area contributed by atoms with Gasteiger partial charge in [-0.25, -0.2) is 0 Å². The number of ketones is 1. The Morgan fingerprint density at radius 2 is 1.57 bits per heavy atom. The molecule has 0 aromatic heterocycles. The summed E-state index contributed by atoms with van der Waals surface area (Å²) in [4.78, 5) is 12.1. The highest BCUT2D eigenvalue weighted by molar-refractivity contribution is 5.97. The van der Waals surface area contributed by atoms with Gasteiger partial charge in [0.1, 0.15) is 6.61 Å². The molecule has 0 aliphatic heterocycles. The predicted octanol–water partition coefficient (Wildman–Crippen LogP) is 4.38. The van der Waals surface area contributed by atoms with Gasteiger partial charge in [-0.1, -0.05) is 75.4 Å². The lowest BCUT2D eigenvalue weighted by molar-refractivity contribution is 0.0726. The van der Waals surface area contributed by atoms with Crippen LogP contribution in [0.2, 0.25) is 0 Å². The number of benzene rings is 2. The Bertz CT molecular complexity index is 577. The van der Waals surface area contributed by atoms with Crippen molar-refractivity contribution in [2.24, 2.45) is 0 Å². The average Bonchev–Trinajstić information content (AvgIpc) is 2.47. The third-order valence-corrected chi connectivity index (χ3v) is 3.42. The molecule has 110 valence electrons. The van der Waals surface area contributed by atoms with Crippen molar-refractivity contribution in [3.63, 3.8) is 0 Å². The van der Waals surface area contributed by atoms with Crippen molar-refractivity contribution in [3.8, 4) is 0 Å². The molecule has 0 saturated heterocycles. The van der Waals surface area contributed by atoms with Crippen LogP contribution >= 0.6 is 0 Å². The van der Waals surface area contributed by atoms with Gasteiger partial charge < -0.3 is 4.74 Å². The molecule has 2 heteroatoms. The molecule has 21 heavy (non-hydrogen) atoms. The third kappa shape index (κ3) is 4.54. The Labute approximate surface area is 126 Å². The van der Waals surface area contributed by atoms with Crippen molar-refractivity contribution >= 4 is 5.78 Å². The van der Waals surface area contributed by atoms with Crippen LogP contribution in [0.4, 0.5) is 0 Å². The minimum atomic E-state index is 0.0198. The van der Waals surface area contributed by atoms with Crippen LogP contribution in [-0.4, -0.2) is 12.4 Å². The van der Waals surface area contributed by atoms with E-state index in [2.05, 4.69) is 20.8 Å². The van der Waals surface area contributed by atoms with Gasteiger partial charge in [-0.3, -0.25) is 4.79 Å². The van der Waals surface area contributed by atoms with E-state index in [-0.39, 0.29) is 17.8 Å². The topological polar surface area (TPSA) is 26.3 Å². The smallest absolute Gasteiger partial charge is 0.188 e. The Morgan fingerprint density at radius 3 is 2.14 bits per heavy atom. The van der Waals surface area contributed by atoms with Gasteiger partial charge in [0.15, 0.2) is 5.78 Å². The van der Waals surface area contributed by atoms with Crippen molar-refractivity contribution < 1.29 is 9.53 Å². The molecule has 0 bridgehead atoms. The van der Waals surface area contributed by atoms with E-state index in [1.807, 2.05) is 54.6 Å². The van der Waals surface area contributed by atoms with Gasteiger partial charge in [0.05, 0.1) is 6.61 Å². The van der Waals surface area contributed by atoms with Gasteiger partial charge in [0.25, 0.3) is 0 Å². The molecule has 0 heterocycles. The zero-order chi connectivity index (χ0) is 15.3. The zero-order valence-corrected chi connectivity index (χ0v) is 12.9. The summed E-state index contributed by atoms with van der Waals surface area (Å²) in [5, 5.41) is 0. The molecule has 2 rings (SSSR count). The van der Waals surface area contributed by atoms with Gasteiger partial charge in [-0.15, -0.1) is 0 Å². The van der Waals surface area contributed by atoms with Crippen LogP contribution in [0.3, 0.4) is 0 Å². The van der Waals surface area contributed by atoms with E-state index in [0.29, 0.717) is 12.2 Å². The van der Waals surface area contributed by atoms with Gasteiger partial charge in [-0.2, -0.15) is 0 Å². The van der Waals surface area contributed by atoms with Gasteiger partial charge in [0.2, 0.25) is 0 Å². The van der Waals surface area contributed by atoms with Crippen LogP contribution in [0.25, 0.3) is 0 Å². The molecule has 0 unspecified atom stereocenters. The van der Waals surface area contributed by atoms with E-state index in [1.54, 1.807) is 0 Å². The lowest BCUT2D eigenvalue weighted by Crippen LogP contribution is -2.13. The predicted molar refractivity (Wildman–Crippen MR) is 85.6 cm³/mol. The first-order valence-electron chi connectivity index (χ1n) is 7.22. The maximum Gasteiger partial charge on any atom is 0.188 e. The summed E-state index contributed by atoms with van der Waals surface area (Å²) < 4.78 is 5.48. The molecule has 0 aliphatic carbocycles. The SMILES string of the molecule is CC(C)(C)c1ccc(C(=O)COCc2ccccc2)cc1. The summed E-state index contributed by atoms with van der Waals surface area (Å²) >= 11 is 0. The molecule has 2 aromatic rings. The minimum absolute atomic E-state index is 0.0198. The van der Waals surface area contributed by atoms with Crippen LogP contribution in [0.15, 0.2) is 54.6 Å². The normalized spacial score (nSPS) is 11.4. The van der Waals surface area contributed by atoms with E-state index in [0.717, 1.165) is 5.56 Å². The zero-order valence-electron chi connectivity index (χ0n) is 12.9. The highest BCUT2D eigenvalue weighted by Crippen LogP contribution is 2.22. The van der Waals surface area contributed by atoms with Crippen LogP contribution < -0.4 is 0 Å². The number of carbonyl (C=O) groups excluding carboxylic acids is 1. The summed E-state index contributed by atoms with van der Waals surface area (Å²) in [6.07, 6.45) is 0. The molecular weight excluding hydrogens is 260 g/mol. The van der Waals surface area contributed by atoms with Crippen LogP contribution in [0.1, 0.15) is 42.3 Å². The molecule has 0 N–H and O–H groups in total. The molecular formula is C19H22O2. The first kappa shape index (κ1) is 15.5. The maximum atomic E-state index is 12.1. The highest BCUT2D eigenvalue weighted by Gasteiger charge is 2.14. The number of carbonyl (C=O) groups is 1. The second kappa shape index (κ2) is 6.68. The Hall–Kier alpha value is -1.93. The van der Waals surface area contributed by atoms with E-state index >= 15 is 0 Å². The summed E-state index contributed by atoms with van der Waals surface area (Å²) in [5.41, 5.74) is 3.11. The molecule has 0 radical (unpaired) electrons. The summed E-state index contributed by atoms with van der Waals surface area (Å²) in [7, 11) is 0. The average molecular weight is 282 g/mol. The second-order valence-corrected chi connectivity index (χ2v) is 6.23. The van der Waals surface area contributed by atoms with Gasteiger partial charge in [-0.05, 0) is 16.5 Å². The molecule has 0 amide bonds. The number of hydrogen-bond acceptors (Lipinski definition) is 2. The lowest BCUT2D eigenvalue weighted by atomic mass is 9.86. The number of rotatable bonds is 5. The molecule has 0 fully saturated rings. The fraction of sp³-hybridized carbons (Fsp3) is 0.316. The number of Topliss-reactive ketones (excluding diaryl/α,β-unsaturated/α-hetero) is 1. The summed E-state index contributed by atoms with van der Waals surface area (Å²) in [5.74, 6) is 0.0198. The van der Waals surface area contributed by atoms with E-state index in [1.165, 1.54) is 5.56 Å². The fourth-order valence-electron chi connectivity index (χ4n) is 2.08. The highest BCUT2D eigenvalue weighted by atomic mass is 16.5. The van der Waals surface area contributed by atoms with E-state index in [9.17, 15) is 4.79 Å². The number of hydrogen-bond donors (Lipinski definition) is 0. The monoisotopic (exact) mass is 282 g/mol. The van der Waals surface area contributed by atoms with E-state index < -0.39 is 0 Å². The minimum Gasteiger partial charge on any atom is -0.369 e. The fourth-order valence-corrected chi connectivity index (χ4v) is 2.08. The van der Waals surface area contributed by atoms with Crippen LogP contribution in [0, 0.1) is 0 Å². The lowest BCUT2D eigenvalue weighted by Gasteiger charge is -2.18. The quantitative estimate of drug-likeness (QED) is 0.761. The van der Waals surface area contributed by atoms with Crippen LogP contribution in [0.5, 0.6) is 0 Å². The summed E-state index contributed by atoms with van der Waals surface area (Å²) in [6.45, 7) is 7.06. The molecule has 0 spiro atoms. The third-order valence-electron chi connectivity index (χ3n) is 3.42. The largest absolute Gasteiger partial charge is 0.369 e. The number of ether oxygens (including phenoxy) is 1. The van der Waals surface area contributed by atoms with Gasteiger partial charge in [0, 0.05) is 5.56 Å². The molecule has 0 atom stereocenters. The van der Waals surface area contributed by atoms with Crippen LogP contribution in [-0.2, 0) is 16.8 Å². The summed E-state index contributed by atoms with van der Waals surface area (Å²) in [6, 6.07) is 17.7. The Morgan fingerprint density at radius 1 is 0.952 bits per heavy atom. The Kier molecular flexibility index (Phi) is 4.92. The van der Waals surface area contributed by atoms with Crippen molar-refractivity contribution in [2.75, 3.05) is 6.61 Å². The molecule has 2 aromatic carbocycles. The first-order chi connectivity index (χ1) is 9.97. The molecule has 0 saturated carbocycles. The second-order valence-electron chi connectivity index (χ2n) is 6.23. The van der Waals surface area contributed by atoms with Crippen molar-refractivity contribution in [1.29, 1.82) is 0 Å². The molecule has 2 nitrogen and oxygen atoms in total. The van der Waals surface area contributed by atoms with E-state index in [4.69, 9.17) is 4.74 Å². The first-order valence-corrected chi connectivity index (χ1v) is 7.22. The Balaban J connectivity index is 1.89. The molecule has 0 aliphatic rings. The van der Waals surface area contributed by atoms with Gasteiger partial charge >= 0.3 is 0 Å². The van der Waals surface area contributed by atoms with Crippen molar-refractivity contribution in [3.05, 3.63) is 71.3 Å². The van der Waals surface area contributed by atoms with Crippen molar-refractivity contribution in [1.82, 2.24) is 0 Å².